The summed E-state index contributed by atoms with van der Waals surface area (Å²) in [5.74, 6) is -1.02. The highest BCUT2D eigenvalue weighted by Gasteiger charge is 2.42. The minimum atomic E-state index is -1.06. The molecule has 3 amide bonds. The van der Waals surface area contributed by atoms with E-state index in [2.05, 4.69) is 20.2 Å². The number of hydrogen-bond acceptors (Lipinski definition) is 7. The summed E-state index contributed by atoms with van der Waals surface area (Å²) < 4.78 is 23.3. The number of amides is 3. The molecule has 0 bridgehead atoms. The van der Waals surface area contributed by atoms with E-state index >= 15 is 4.39 Å². The van der Waals surface area contributed by atoms with E-state index in [1.54, 1.807) is 41.7 Å². The maximum absolute atomic E-state index is 15.8. The van der Waals surface area contributed by atoms with Gasteiger partial charge in [-0.05, 0) is 81.1 Å². The molecule has 7 rings (SSSR count). The summed E-state index contributed by atoms with van der Waals surface area (Å²) in [6.07, 6.45) is 4.64. The van der Waals surface area contributed by atoms with Crippen LogP contribution in [0.3, 0.4) is 0 Å². The van der Waals surface area contributed by atoms with Gasteiger partial charge in [0, 0.05) is 61.4 Å². The first-order valence-corrected chi connectivity index (χ1v) is 16.3. The third-order valence-corrected chi connectivity index (χ3v) is 9.04. The molecular formula is C36H38FN7O4. The SMILES string of the molecule is CC(C)(C)OC(=O)N1CCN(c2ccc(-c3cc(F)c4c(c3)C(=O)N(C(C(=O)Nc3ccccn3)c3ncn5c3CCC5)C4)cc2)CC1. The number of fused-ring (bicyclic) bond motifs is 2. The minimum Gasteiger partial charge on any atom is -0.444 e. The van der Waals surface area contributed by atoms with Crippen LogP contribution in [0, 0.1) is 5.82 Å². The molecule has 1 saturated heterocycles. The Balaban J connectivity index is 1.10. The van der Waals surface area contributed by atoms with Crippen molar-refractivity contribution in [1.82, 2.24) is 24.3 Å². The number of anilines is 2. The number of imidazole rings is 1. The molecule has 1 atom stereocenters. The lowest BCUT2D eigenvalue weighted by molar-refractivity contribution is -0.121. The summed E-state index contributed by atoms with van der Waals surface area (Å²) in [5.41, 5.74) is 3.68. The van der Waals surface area contributed by atoms with Gasteiger partial charge in [-0.15, -0.1) is 0 Å². The van der Waals surface area contributed by atoms with Gasteiger partial charge in [0.15, 0.2) is 6.04 Å². The summed E-state index contributed by atoms with van der Waals surface area (Å²) in [7, 11) is 0. The average Bonchev–Trinajstić information content (AvgIpc) is 3.78. The Bertz CT molecular complexity index is 1860. The zero-order valence-electron chi connectivity index (χ0n) is 27.3. The van der Waals surface area contributed by atoms with Gasteiger partial charge in [0.25, 0.3) is 11.8 Å². The molecule has 11 nitrogen and oxygen atoms in total. The van der Waals surface area contributed by atoms with Crippen LogP contribution >= 0.6 is 0 Å². The smallest absolute Gasteiger partial charge is 0.410 e. The lowest BCUT2D eigenvalue weighted by Crippen LogP contribution is -2.50. The van der Waals surface area contributed by atoms with E-state index in [0.29, 0.717) is 43.3 Å². The number of aryl methyl sites for hydroxylation is 1. The Morgan fingerprint density at radius 1 is 0.958 bits per heavy atom. The van der Waals surface area contributed by atoms with Gasteiger partial charge < -0.3 is 29.3 Å². The van der Waals surface area contributed by atoms with E-state index in [4.69, 9.17) is 4.74 Å². The number of carbonyl (C=O) groups excluding carboxylic acids is 3. The molecule has 3 aliphatic rings. The summed E-state index contributed by atoms with van der Waals surface area (Å²) in [6.45, 7) is 8.72. The number of hydrogen-bond donors (Lipinski definition) is 1. The Hall–Kier alpha value is -5.26. The van der Waals surface area contributed by atoms with Gasteiger partial charge in [-0.25, -0.2) is 19.2 Å². The number of carbonyl (C=O) groups is 3. The lowest BCUT2D eigenvalue weighted by atomic mass is 9.99. The van der Waals surface area contributed by atoms with Crippen LogP contribution in [0.4, 0.5) is 20.7 Å². The van der Waals surface area contributed by atoms with Crippen LogP contribution in [0.25, 0.3) is 11.1 Å². The van der Waals surface area contributed by atoms with Crippen molar-refractivity contribution < 1.29 is 23.5 Å². The van der Waals surface area contributed by atoms with Crippen molar-refractivity contribution in [2.24, 2.45) is 0 Å². The number of piperazine rings is 1. The molecule has 48 heavy (non-hydrogen) atoms. The van der Waals surface area contributed by atoms with Crippen molar-refractivity contribution in [2.75, 3.05) is 36.4 Å². The predicted octanol–water partition coefficient (Wildman–Crippen LogP) is 5.42. The second-order valence-corrected chi connectivity index (χ2v) is 13.4. The number of aromatic nitrogens is 3. The molecule has 1 N–H and O–H groups in total. The molecule has 248 valence electrons. The Labute approximate surface area is 278 Å². The number of halogens is 1. The zero-order valence-corrected chi connectivity index (χ0v) is 27.3. The molecule has 1 unspecified atom stereocenters. The van der Waals surface area contributed by atoms with Crippen molar-refractivity contribution in [2.45, 2.75) is 58.3 Å². The van der Waals surface area contributed by atoms with Crippen molar-refractivity contribution in [1.29, 1.82) is 0 Å². The first-order chi connectivity index (χ1) is 23.1. The molecule has 2 aromatic heterocycles. The van der Waals surface area contributed by atoms with Crippen LogP contribution in [0.2, 0.25) is 0 Å². The van der Waals surface area contributed by atoms with E-state index < -0.39 is 29.3 Å². The molecule has 0 spiro atoms. The topological polar surface area (TPSA) is 113 Å². The fourth-order valence-electron chi connectivity index (χ4n) is 6.68. The largest absolute Gasteiger partial charge is 0.444 e. The van der Waals surface area contributed by atoms with Crippen LogP contribution in [0.1, 0.15) is 60.5 Å². The summed E-state index contributed by atoms with van der Waals surface area (Å²) >= 11 is 0. The van der Waals surface area contributed by atoms with E-state index in [9.17, 15) is 14.4 Å². The third-order valence-electron chi connectivity index (χ3n) is 9.04. The van der Waals surface area contributed by atoms with E-state index in [0.717, 1.165) is 36.3 Å². The zero-order chi connectivity index (χ0) is 33.6. The monoisotopic (exact) mass is 651 g/mol. The number of rotatable bonds is 6. The van der Waals surface area contributed by atoms with E-state index in [1.165, 1.54) is 11.0 Å². The molecule has 4 aromatic rings. The van der Waals surface area contributed by atoms with E-state index in [-0.39, 0.29) is 23.8 Å². The molecule has 3 aliphatic heterocycles. The van der Waals surface area contributed by atoms with Gasteiger partial charge in [-0.3, -0.25) is 9.59 Å². The maximum Gasteiger partial charge on any atom is 0.410 e. The highest BCUT2D eigenvalue weighted by atomic mass is 19.1. The van der Waals surface area contributed by atoms with Crippen LogP contribution in [-0.4, -0.2) is 74.0 Å². The van der Waals surface area contributed by atoms with Gasteiger partial charge in [0.1, 0.15) is 17.2 Å². The maximum atomic E-state index is 15.8. The summed E-state index contributed by atoms with van der Waals surface area (Å²) in [4.78, 5) is 54.4. The number of nitrogens with zero attached hydrogens (tertiary/aromatic N) is 6. The number of benzene rings is 2. The number of pyridine rings is 1. The van der Waals surface area contributed by atoms with Gasteiger partial charge in [-0.1, -0.05) is 18.2 Å². The first-order valence-electron chi connectivity index (χ1n) is 16.3. The Kier molecular flexibility index (Phi) is 8.10. The van der Waals surface area contributed by atoms with Crippen molar-refractivity contribution in [3.63, 3.8) is 0 Å². The van der Waals surface area contributed by atoms with Crippen molar-refractivity contribution >= 4 is 29.4 Å². The molecule has 2 aromatic carbocycles. The molecule has 1 fully saturated rings. The molecule has 5 heterocycles. The van der Waals surface area contributed by atoms with Crippen LogP contribution in [-0.2, 0) is 29.0 Å². The average molecular weight is 652 g/mol. The Morgan fingerprint density at radius 2 is 1.73 bits per heavy atom. The number of nitrogens with one attached hydrogen (secondary N) is 1. The summed E-state index contributed by atoms with van der Waals surface area (Å²) in [5, 5.41) is 2.83. The van der Waals surface area contributed by atoms with Crippen molar-refractivity contribution in [3.8, 4) is 11.1 Å². The molecule has 0 aliphatic carbocycles. The number of ether oxygens (including phenoxy) is 1. The Morgan fingerprint density at radius 3 is 2.44 bits per heavy atom. The third kappa shape index (κ3) is 6.10. The van der Waals surface area contributed by atoms with Gasteiger partial charge in [-0.2, -0.15) is 0 Å². The normalized spacial score (nSPS) is 16.5. The summed E-state index contributed by atoms with van der Waals surface area (Å²) in [6, 6.07) is 15.0. The predicted molar refractivity (Wildman–Crippen MR) is 178 cm³/mol. The van der Waals surface area contributed by atoms with Crippen LogP contribution < -0.4 is 10.2 Å². The van der Waals surface area contributed by atoms with E-state index in [1.807, 2.05) is 49.6 Å². The van der Waals surface area contributed by atoms with Crippen molar-refractivity contribution in [3.05, 3.63) is 95.5 Å². The second-order valence-electron chi connectivity index (χ2n) is 13.4. The van der Waals surface area contributed by atoms with Crippen LogP contribution in [0.15, 0.2) is 67.1 Å². The first kappa shape index (κ1) is 31.3. The standard InChI is InChI=1S/C36H38FN7O4/c1-36(2,3)48-35(47)42-17-15-41(16-18-42)25-11-9-23(10-12-25)24-19-26-27(28(37)20-24)21-44(34(26)46)32(31-29-7-6-14-43(29)22-39-31)33(45)40-30-8-4-5-13-38-30/h4-5,8-13,19-20,22,32H,6-7,14-18,21H2,1-3H3,(H,38,40,45). The van der Waals surface area contributed by atoms with Crippen LogP contribution in [0.5, 0.6) is 0 Å². The van der Waals surface area contributed by atoms with Gasteiger partial charge in [0.05, 0.1) is 18.6 Å². The highest BCUT2D eigenvalue weighted by Crippen LogP contribution is 2.38. The highest BCUT2D eigenvalue weighted by molar-refractivity contribution is 6.04. The second kappa shape index (κ2) is 12.4. The minimum absolute atomic E-state index is 0.0545. The quantitative estimate of drug-likeness (QED) is 0.296. The fraction of sp³-hybridized carbons (Fsp3) is 0.361. The molecule has 0 saturated carbocycles. The van der Waals surface area contributed by atoms with Gasteiger partial charge in [0.2, 0.25) is 0 Å². The molecule has 12 heteroatoms. The molecular weight excluding hydrogens is 613 g/mol. The van der Waals surface area contributed by atoms with Gasteiger partial charge >= 0.3 is 6.09 Å². The lowest BCUT2D eigenvalue weighted by Gasteiger charge is -2.36. The molecule has 0 radical (unpaired) electrons. The fourth-order valence-corrected chi connectivity index (χ4v) is 6.68.